The third-order valence-corrected chi connectivity index (χ3v) is 6.98. The van der Waals surface area contributed by atoms with E-state index < -0.39 is 0 Å². The van der Waals surface area contributed by atoms with Crippen LogP contribution < -0.4 is 0 Å². The number of aromatic nitrogens is 3. The molecule has 0 bridgehead atoms. The molecule has 1 aliphatic heterocycles. The summed E-state index contributed by atoms with van der Waals surface area (Å²) in [6.45, 7) is 2.45. The largest absolute Gasteiger partial charge is 0.305 e. The smallest absolute Gasteiger partial charge is 0.260 e. The van der Waals surface area contributed by atoms with Gasteiger partial charge in [-0.05, 0) is 49.6 Å². The summed E-state index contributed by atoms with van der Waals surface area (Å²) in [5, 5.41) is 9.53. The van der Waals surface area contributed by atoms with Crippen LogP contribution in [0.25, 0.3) is 11.4 Å². The second kappa shape index (κ2) is 9.24. The maximum Gasteiger partial charge on any atom is 0.260 e. The van der Waals surface area contributed by atoms with Crippen LogP contribution in [-0.2, 0) is 11.8 Å². The summed E-state index contributed by atoms with van der Waals surface area (Å²) in [6.07, 6.45) is 2.35. The van der Waals surface area contributed by atoms with Gasteiger partial charge in [0.05, 0.1) is 5.25 Å². The van der Waals surface area contributed by atoms with Crippen LogP contribution in [0.5, 0.6) is 0 Å². The molecular weight excluding hydrogens is 432 g/mol. The van der Waals surface area contributed by atoms with Crippen molar-refractivity contribution >= 4 is 35.2 Å². The zero-order valence-electron chi connectivity index (χ0n) is 17.4. The zero-order chi connectivity index (χ0) is 22.0. The van der Waals surface area contributed by atoms with Gasteiger partial charge in [0.1, 0.15) is 0 Å². The van der Waals surface area contributed by atoms with Crippen molar-refractivity contribution in [2.24, 2.45) is 7.05 Å². The van der Waals surface area contributed by atoms with E-state index in [1.165, 1.54) is 16.7 Å². The van der Waals surface area contributed by atoms with Crippen LogP contribution in [0.3, 0.4) is 0 Å². The maximum atomic E-state index is 13.3. The molecule has 160 valence electrons. The number of amides is 2. The summed E-state index contributed by atoms with van der Waals surface area (Å²) in [4.78, 5) is 27.6. The Morgan fingerprint density at radius 3 is 2.58 bits per heavy atom. The fourth-order valence-electron chi connectivity index (χ4n) is 3.67. The Morgan fingerprint density at radius 1 is 1.10 bits per heavy atom. The van der Waals surface area contributed by atoms with Crippen molar-refractivity contribution < 1.29 is 9.59 Å². The molecular formula is C23H23ClN4O2S. The summed E-state index contributed by atoms with van der Waals surface area (Å²) in [6, 6.07) is 14.6. The monoisotopic (exact) mass is 454 g/mol. The van der Waals surface area contributed by atoms with Crippen LogP contribution in [0.4, 0.5) is 0 Å². The highest BCUT2D eigenvalue weighted by molar-refractivity contribution is 8.00. The number of thioether (sulfide) groups is 1. The van der Waals surface area contributed by atoms with Gasteiger partial charge in [0.15, 0.2) is 11.0 Å². The molecule has 2 heterocycles. The maximum absolute atomic E-state index is 13.3. The molecule has 1 unspecified atom stereocenters. The first kappa shape index (κ1) is 21.6. The van der Waals surface area contributed by atoms with Gasteiger partial charge >= 0.3 is 0 Å². The minimum atomic E-state index is -0.383. The summed E-state index contributed by atoms with van der Waals surface area (Å²) in [7, 11) is 1.90. The minimum Gasteiger partial charge on any atom is -0.305 e. The normalized spacial score (nSPS) is 16.9. The molecule has 4 rings (SSSR count). The fraction of sp³-hybridized carbons (Fsp3) is 0.304. The van der Waals surface area contributed by atoms with Gasteiger partial charge in [0.2, 0.25) is 5.91 Å². The molecule has 1 aromatic heterocycles. The van der Waals surface area contributed by atoms with E-state index in [1.807, 2.05) is 42.8 Å². The van der Waals surface area contributed by atoms with Gasteiger partial charge in [-0.3, -0.25) is 14.5 Å². The van der Waals surface area contributed by atoms with E-state index in [2.05, 4.69) is 10.2 Å². The van der Waals surface area contributed by atoms with Crippen molar-refractivity contribution in [3.05, 3.63) is 64.7 Å². The number of halogens is 1. The molecule has 0 aliphatic carbocycles. The topological polar surface area (TPSA) is 68.1 Å². The highest BCUT2D eigenvalue weighted by Crippen LogP contribution is 2.32. The van der Waals surface area contributed by atoms with E-state index in [4.69, 9.17) is 11.6 Å². The SMILES string of the molecule is Cc1ccccc1-c1nnc(SC2CCCCN(C(=O)c3ccc(Cl)cc3)C2=O)n1C. The Bertz CT molecular complexity index is 1110. The first-order valence-electron chi connectivity index (χ1n) is 10.2. The summed E-state index contributed by atoms with van der Waals surface area (Å²) < 4.78 is 1.91. The van der Waals surface area contributed by atoms with E-state index >= 15 is 0 Å². The number of hydrogen-bond donors (Lipinski definition) is 0. The fourth-order valence-corrected chi connectivity index (χ4v) is 4.90. The molecule has 1 atom stereocenters. The van der Waals surface area contributed by atoms with Gasteiger partial charge < -0.3 is 4.57 Å². The van der Waals surface area contributed by atoms with Gasteiger partial charge in [0.25, 0.3) is 5.91 Å². The average Bonchev–Trinajstić information content (AvgIpc) is 3.02. The number of likely N-dealkylation sites (tertiary alicyclic amines) is 1. The van der Waals surface area contributed by atoms with E-state index in [0.29, 0.717) is 28.7 Å². The third kappa shape index (κ3) is 4.52. The number of nitrogens with zero attached hydrogens (tertiary/aromatic N) is 4. The van der Waals surface area contributed by atoms with E-state index in [9.17, 15) is 9.59 Å². The van der Waals surface area contributed by atoms with Crippen LogP contribution in [0.15, 0.2) is 53.7 Å². The van der Waals surface area contributed by atoms with Gasteiger partial charge in [0, 0.05) is 29.7 Å². The number of carbonyl (C=O) groups excluding carboxylic acids is 2. The number of aryl methyl sites for hydroxylation is 1. The minimum absolute atomic E-state index is 0.178. The highest BCUT2D eigenvalue weighted by Gasteiger charge is 2.33. The van der Waals surface area contributed by atoms with Crippen LogP contribution >= 0.6 is 23.4 Å². The van der Waals surface area contributed by atoms with Crippen molar-refractivity contribution in [2.45, 2.75) is 36.6 Å². The quantitative estimate of drug-likeness (QED) is 0.532. The number of carbonyl (C=O) groups is 2. The van der Waals surface area contributed by atoms with Crippen molar-refractivity contribution in [3.63, 3.8) is 0 Å². The molecule has 6 nitrogen and oxygen atoms in total. The third-order valence-electron chi connectivity index (χ3n) is 5.44. The molecule has 0 saturated carbocycles. The van der Waals surface area contributed by atoms with Gasteiger partial charge in [-0.2, -0.15) is 0 Å². The standard InChI is InChI=1S/C23H23ClN4O2S/c1-15-7-3-4-8-18(15)20-25-26-23(27(20)2)31-19-9-5-6-14-28(22(19)30)21(29)16-10-12-17(24)13-11-16/h3-4,7-8,10-13,19H,5-6,9,14H2,1-2H3. The summed E-state index contributed by atoms with van der Waals surface area (Å²) >= 11 is 7.31. The lowest BCUT2D eigenvalue weighted by Crippen LogP contribution is -2.41. The van der Waals surface area contributed by atoms with Gasteiger partial charge in [-0.1, -0.05) is 54.0 Å². The summed E-state index contributed by atoms with van der Waals surface area (Å²) in [5.74, 6) is 0.298. The number of hydrogen-bond acceptors (Lipinski definition) is 5. The predicted octanol–water partition coefficient (Wildman–Crippen LogP) is 4.76. The molecule has 0 radical (unpaired) electrons. The Hall–Kier alpha value is -2.64. The van der Waals surface area contributed by atoms with E-state index in [1.54, 1.807) is 24.3 Å². The molecule has 8 heteroatoms. The molecule has 1 fully saturated rings. The lowest BCUT2D eigenvalue weighted by atomic mass is 10.1. The number of rotatable bonds is 4. The Balaban J connectivity index is 1.56. The van der Waals surface area contributed by atoms with Crippen LogP contribution in [-0.4, -0.2) is 43.3 Å². The molecule has 31 heavy (non-hydrogen) atoms. The average molecular weight is 455 g/mol. The number of imide groups is 1. The first-order chi connectivity index (χ1) is 15.0. The predicted molar refractivity (Wildman–Crippen MR) is 122 cm³/mol. The Morgan fingerprint density at radius 2 is 1.84 bits per heavy atom. The zero-order valence-corrected chi connectivity index (χ0v) is 19.0. The molecule has 3 aromatic rings. The van der Waals surface area contributed by atoms with E-state index in [-0.39, 0.29) is 17.1 Å². The van der Waals surface area contributed by atoms with Crippen LogP contribution in [0.1, 0.15) is 35.2 Å². The van der Waals surface area contributed by atoms with Crippen LogP contribution in [0, 0.1) is 6.92 Å². The lowest BCUT2D eigenvalue weighted by Gasteiger charge is -2.22. The highest BCUT2D eigenvalue weighted by atomic mass is 35.5. The molecule has 0 spiro atoms. The van der Waals surface area contributed by atoms with Crippen molar-refractivity contribution in [1.82, 2.24) is 19.7 Å². The van der Waals surface area contributed by atoms with E-state index in [0.717, 1.165) is 29.8 Å². The Labute approximate surface area is 190 Å². The summed E-state index contributed by atoms with van der Waals surface area (Å²) in [5.41, 5.74) is 2.58. The van der Waals surface area contributed by atoms with Gasteiger partial charge in [-0.15, -0.1) is 10.2 Å². The molecule has 1 aliphatic rings. The van der Waals surface area contributed by atoms with Gasteiger partial charge in [-0.25, -0.2) is 0 Å². The second-order valence-electron chi connectivity index (χ2n) is 7.58. The first-order valence-corrected chi connectivity index (χ1v) is 11.4. The number of benzene rings is 2. The molecule has 1 saturated heterocycles. The molecule has 0 N–H and O–H groups in total. The van der Waals surface area contributed by atoms with Crippen molar-refractivity contribution in [1.29, 1.82) is 0 Å². The Kier molecular flexibility index (Phi) is 6.43. The molecule has 2 amide bonds. The van der Waals surface area contributed by atoms with Crippen LogP contribution in [0.2, 0.25) is 5.02 Å². The van der Waals surface area contributed by atoms with Crippen molar-refractivity contribution in [2.75, 3.05) is 6.54 Å². The van der Waals surface area contributed by atoms with Crippen molar-refractivity contribution in [3.8, 4) is 11.4 Å². The lowest BCUT2D eigenvalue weighted by molar-refractivity contribution is -0.127. The molecule has 2 aromatic carbocycles. The second-order valence-corrected chi connectivity index (χ2v) is 9.19.